The van der Waals surface area contributed by atoms with E-state index in [2.05, 4.69) is 36.4 Å². The Balaban J connectivity index is 2.53. The molecule has 0 fully saturated rings. The van der Waals surface area contributed by atoms with Gasteiger partial charge in [-0.25, -0.2) is 9.48 Å². The van der Waals surface area contributed by atoms with Gasteiger partial charge in [-0.1, -0.05) is 26.0 Å². The first kappa shape index (κ1) is 16.9. The summed E-state index contributed by atoms with van der Waals surface area (Å²) >= 11 is 0. The number of aromatic nitrogens is 3. The topological polar surface area (TPSA) is 100 Å². The molecule has 1 rings (SSSR count). The molecule has 0 aromatic carbocycles. The molecule has 0 aliphatic rings. The Morgan fingerprint density at radius 1 is 1.48 bits per heavy atom. The van der Waals surface area contributed by atoms with Crippen molar-refractivity contribution in [1.82, 2.24) is 25.2 Å². The lowest BCUT2D eigenvalue weighted by Gasteiger charge is -2.35. The lowest BCUT2D eigenvalue weighted by Crippen LogP contribution is -2.47. The van der Waals surface area contributed by atoms with E-state index in [0.29, 0.717) is 5.69 Å². The van der Waals surface area contributed by atoms with Gasteiger partial charge in [-0.15, -0.1) is 5.10 Å². The van der Waals surface area contributed by atoms with Crippen molar-refractivity contribution in [3.63, 3.8) is 0 Å². The average Bonchev–Trinajstić information content (AvgIpc) is 2.79. The van der Waals surface area contributed by atoms with E-state index in [-0.39, 0.29) is 30.6 Å². The maximum absolute atomic E-state index is 12.1. The van der Waals surface area contributed by atoms with Gasteiger partial charge in [-0.2, -0.15) is 0 Å². The van der Waals surface area contributed by atoms with Crippen molar-refractivity contribution >= 4 is 12.0 Å². The van der Waals surface area contributed by atoms with E-state index in [9.17, 15) is 9.59 Å². The van der Waals surface area contributed by atoms with Crippen molar-refractivity contribution < 1.29 is 14.7 Å². The molecule has 1 unspecified atom stereocenters. The molecular formula is C13H23N5O3. The number of urea groups is 1. The first-order chi connectivity index (χ1) is 9.61. The van der Waals surface area contributed by atoms with Crippen LogP contribution in [0.1, 0.15) is 33.4 Å². The minimum Gasteiger partial charge on any atom is -0.480 e. The highest BCUT2D eigenvalue weighted by atomic mass is 16.4. The molecule has 1 aromatic rings. The van der Waals surface area contributed by atoms with Crippen LogP contribution in [-0.2, 0) is 17.9 Å². The number of carbonyl (C=O) groups is 2. The Kier molecular flexibility index (Phi) is 5.28. The molecule has 118 valence electrons. The van der Waals surface area contributed by atoms with E-state index in [1.807, 2.05) is 6.92 Å². The second kappa shape index (κ2) is 6.55. The van der Waals surface area contributed by atoms with Crippen LogP contribution >= 0.6 is 0 Å². The number of hydrogen-bond donors (Lipinski definition) is 2. The Hall–Kier alpha value is -2.12. The molecule has 2 amide bonds. The summed E-state index contributed by atoms with van der Waals surface area (Å²) in [5, 5.41) is 18.9. The number of carboxylic acid groups (broad SMARTS) is 1. The largest absolute Gasteiger partial charge is 0.480 e. The third-order valence-corrected chi connectivity index (χ3v) is 3.46. The number of carboxylic acids is 1. The molecule has 0 aliphatic heterocycles. The number of nitrogens with one attached hydrogen (secondary N) is 1. The molecule has 1 heterocycles. The minimum absolute atomic E-state index is 0.0172. The van der Waals surface area contributed by atoms with Crippen LogP contribution in [0.25, 0.3) is 0 Å². The second-order valence-electron chi connectivity index (χ2n) is 6.11. The molecule has 2 N–H and O–H groups in total. The van der Waals surface area contributed by atoms with Crippen molar-refractivity contribution in [2.75, 3.05) is 7.05 Å². The van der Waals surface area contributed by atoms with Crippen LogP contribution in [0.15, 0.2) is 6.20 Å². The lowest BCUT2D eigenvalue weighted by atomic mass is 9.87. The quantitative estimate of drug-likeness (QED) is 0.842. The summed E-state index contributed by atoms with van der Waals surface area (Å²) in [7, 11) is 1.74. The van der Waals surface area contributed by atoms with E-state index < -0.39 is 5.97 Å². The smallest absolute Gasteiger partial charge is 0.325 e. The first-order valence-electron chi connectivity index (χ1n) is 6.72. The summed E-state index contributed by atoms with van der Waals surface area (Å²) in [4.78, 5) is 24.2. The van der Waals surface area contributed by atoms with E-state index >= 15 is 0 Å². The minimum atomic E-state index is -0.991. The molecule has 0 bridgehead atoms. The summed E-state index contributed by atoms with van der Waals surface area (Å²) in [6.07, 6.45) is 1.50. The molecule has 8 heteroatoms. The van der Waals surface area contributed by atoms with Gasteiger partial charge < -0.3 is 15.3 Å². The van der Waals surface area contributed by atoms with Crippen molar-refractivity contribution in [1.29, 1.82) is 0 Å². The Bertz CT molecular complexity index is 506. The van der Waals surface area contributed by atoms with E-state index in [4.69, 9.17) is 5.11 Å². The monoisotopic (exact) mass is 297 g/mol. The SMILES string of the molecule is CC(N(C)C(=O)NCc1cn(CC(=O)O)nn1)C(C)(C)C. The average molecular weight is 297 g/mol. The predicted molar refractivity (Wildman–Crippen MR) is 76.6 cm³/mol. The summed E-state index contributed by atoms with van der Waals surface area (Å²) < 4.78 is 1.21. The van der Waals surface area contributed by atoms with E-state index in [0.717, 1.165) is 0 Å². The van der Waals surface area contributed by atoms with E-state index in [1.54, 1.807) is 11.9 Å². The van der Waals surface area contributed by atoms with Gasteiger partial charge in [0.25, 0.3) is 0 Å². The lowest BCUT2D eigenvalue weighted by molar-refractivity contribution is -0.137. The van der Waals surface area contributed by atoms with Crippen LogP contribution in [-0.4, -0.2) is 50.1 Å². The summed E-state index contributed by atoms with van der Waals surface area (Å²) in [5.74, 6) is -0.991. The molecule has 8 nitrogen and oxygen atoms in total. The number of nitrogens with zero attached hydrogens (tertiary/aromatic N) is 4. The molecule has 0 radical (unpaired) electrons. The van der Waals surface area contributed by atoms with Gasteiger partial charge in [0.15, 0.2) is 0 Å². The van der Waals surface area contributed by atoms with Gasteiger partial charge in [0.2, 0.25) is 0 Å². The van der Waals surface area contributed by atoms with Crippen molar-refractivity contribution in [3.05, 3.63) is 11.9 Å². The van der Waals surface area contributed by atoms with Crippen LogP contribution in [0, 0.1) is 5.41 Å². The molecule has 21 heavy (non-hydrogen) atoms. The maximum Gasteiger partial charge on any atom is 0.325 e. The van der Waals surface area contributed by atoms with Gasteiger partial charge >= 0.3 is 12.0 Å². The highest BCUT2D eigenvalue weighted by Crippen LogP contribution is 2.22. The predicted octanol–water partition coefficient (Wildman–Crippen LogP) is 0.939. The third kappa shape index (κ3) is 5.05. The molecule has 0 spiro atoms. The second-order valence-corrected chi connectivity index (χ2v) is 6.11. The van der Waals surface area contributed by atoms with Gasteiger partial charge in [0.05, 0.1) is 12.7 Å². The van der Waals surface area contributed by atoms with Gasteiger partial charge in [0.1, 0.15) is 12.2 Å². The Labute approximate surface area is 124 Å². The Morgan fingerprint density at radius 2 is 2.10 bits per heavy atom. The highest BCUT2D eigenvalue weighted by Gasteiger charge is 2.26. The normalized spacial score (nSPS) is 12.8. The number of amides is 2. The fraction of sp³-hybridized carbons (Fsp3) is 0.692. The molecule has 1 atom stereocenters. The van der Waals surface area contributed by atoms with Crippen LogP contribution < -0.4 is 5.32 Å². The van der Waals surface area contributed by atoms with Crippen LogP contribution in [0.5, 0.6) is 0 Å². The zero-order valence-corrected chi connectivity index (χ0v) is 13.1. The van der Waals surface area contributed by atoms with Gasteiger partial charge in [0, 0.05) is 13.1 Å². The molecule has 0 saturated heterocycles. The molecule has 0 aliphatic carbocycles. The molecule has 0 saturated carbocycles. The van der Waals surface area contributed by atoms with Gasteiger partial charge in [-0.3, -0.25) is 4.79 Å². The zero-order chi connectivity index (χ0) is 16.2. The number of rotatable bonds is 5. The van der Waals surface area contributed by atoms with Crippen molar-refractivity contribution in [2.45, 2.75) is 46.8 Å². The highest BCUT2D eigenvalue weighted by molar-refractivity contribution is 5.74. The fourth-order valence-electron chi connectivity index (χ4n) is 1.68. The number of aliphatic carboxylic acids is 1. The standard InChI is InChI=1S/C13H23N5O3/c1-9(13(2,3)4)17(5)12(21)14-6-10-7-18(16-15-10)8-11(19)20/h7,9H,6,8H2,1-5H3,(H,14,21)(H,19,20). The maximum atomic E-state index is 12.1. The summed E-state index contributed by atoms with van der Waals surface area (Å²) in [6, 6.07) is -0.134. The molecule has 1 aromatic heterocycles. The fourth-order valence-corrected chi connectivity index (χ4v) is 1.68. The zero-order valence-electron chi connectivity index (χ0n) is 13.1. The first-order valence-corrected chi connectivity index (χ1v) is 6.72. The molecular weight excluding hydrogens is 274 g/mol. The van der Waals surface area contributed by atoms with Crippen molar-refractivity contribution in [2.24, 2.45) is 5.41 Å². The van der Waals surface area contributed by atoms with Crippen molar-refractivity contribution in [3.8, 4) is 0 Å². The number of carbonyl (C=O) groups excluding carboxylic acids is 1. The third-order valence-electron chi connectivity index (χ3n) is 3.46. The van der Waals surface area contributed by atoms with E-state index in [1.165, 1.54) is 10.9 Å². The Morgan fingerprint density at radius 3 is 2.62 bits per heavy atom. The van der Waals surface area contributed by atoms with Crippen LogP contribution in [0.2, 0.25) is 0 Å². The van der Waals surface area contributed by atoms with Crippen LogP contribution in [0.3, 0.4) is 0 Å². The number of hydrogen-bond acceptors (Lipinski definition) is 4. The van der Waals surface area contributed by atoms with Crippen LogP contribution in [0.4, 0.5) is 4.79 Å². The summed E-state index contributed by atoms with van der Waals surface area (Å²) in [5.41, 5.74) is 0.498. The summed E-state index contributed by atoms with van der Waals surface area (Å²) in [6.45, 7) is 8.15. The van der Waals surface area contributed by atoms with Gasteiger partial charge in [-0.05, 0) is 12.3 Å².